The maximum atomic E-state index is 5.40. The molecule has 0 spiro atoms. The molecular formula is C19H34N6O. The number of nitrogens with zero attached hydrogens (tertiary/aromatic N) is 5. The molecule has 1 N–H and O–H groups in total. The maximum Gasteiger partial charge on any atom is 0.193 e. The first kappa shape index (κ1) is 19.2. The standard InChI is InChI=1S/C19H34N6O/c1-3-20-19(21-7-4-5-8-24-10-12-26-13-11-24)25-9-6-17(16-25)18-14-22-23(2)15-18/h14-15,17H,3-13,16H2,1-2H3,(H,20,21). The maximum absolute atomic E-state index is 5.40. The molecule has 2 saturated heterocycles. The van der Waals surface area contributed by atoms with Gasteiger partial charge in [0, 0.05) is 58.4 Å². The van der Waals surface area contributed by atoms with Gasteiger partial charge in [-0.05, 0) is 38.3 Å². The van der Waals surface area contributed by atoms with E-state index < -0.39 is 0 Å². The van der Waals surface area contributed by atoms with Gasteiger partial charge < -0.3 is 15.0 Å². The fraction of sp³-hybridized carbons (Fsp3) is 0.789. The molecule has 2 fully saturated rings. The number of rotatable bonds is 7. The largest absolute Gasteiger partial charge is 0.379 e. The molecule has 2 aliphatic rings. The third-order valence-corrected chi connectivity index (χ3v) is 5.27. The number of aliphatic imine (C=N–C) groups is 1. The highest BCUT2D eigenvalue weighted by Gasteiger charge is 2.26. The van der Waals surface area contributed by atoms with Crippen LogP contribution in [0.15, 0.2) is 17.4 Å². The van der Waals surface area contributed by atoms with Gasteiger partial charge in [-0.1, -0.05) is 0 Å². The molecule has 7 heteroatoms. The molecule has 7 nitrogen and oxygen atoms in total. The van der Waals surface area contributed by atoms with Crippen LogP contribution in [0.25, 0.3) is 0 Å². The van der Waals surface area contributed by atoms with Crippen LogP contribution in [0.1, 0.15) is 37.7 Å². The summed E-state index contributed by atoms with van der Waals surface area (Å²) in [6.07, 6.45) is 7.67. The Morgan fingerprint density at radius 2 is 2.15 bits per heavy atom. The normalized spacial score (nSPS) is 22.2. The Morgan fingerprint density at radius 1 is 1.31 bits per heavy atom. The quantitative estimate of drug-likeness (QED) is 0.450. The molecule has 3 rings (SSSR count). The third-order valence-electron chi connectivity index (χ3n) is 5.27. The number of nitrogens with one attached hydrogen (secondary N) is 1. The summed E-state index contributed by atoms with van der Waals surface area (Å²) in [5.74, 6) is 1.64. The second-order valence-electron chi connectivity index (χ2n) is 7.28. The van der Waals surface area contributed by atoms with E-state index in [1.54, 1.807) is 0 Å². The summed E-state index contributed by atoms with van der Waals surface area (Å²) in [5.41, 5.74) is 1.34. The highest BCUT2D eigenvalue weighted by Crippen LogP contribution is 2.26. The van der Waals surface area contributed by atoms with Crippen molar-refractivity contribution in [1.29, 1.82) is 0 Å². The van der Waals surface area contributed by atoms with Crippen LogP contribution in [0, 0.1) is 0 Å². The second-order valence-corrected chi connectivity index (χ2v) is 7.28. The number of hydrogen-bond acceptors (Lipinski definition) is 4. The van der Waals surface area contributed by atoms with Crippen molar-refractivity contribution in [3.8, 4) is 0 Å². The molecule has 3 heterocycles. The summed E-state index contributed by atoms with van der Waals surface area (Å²) in [6, 6.07) is 0. The van der Waals surface area contributed by atoms with Gasteiger partial charge in [-0.2, -0.15) is 5.10 Å². The van der Waals surface area contributed by atoms with E-state index in [-0.39, 0.29) is 0 Å². The van der Waals surface area contributed by atoms with Crippen LogP contribution in [0.3, 0.4) is 0 Å². The van der Waals surface area contributed by atoms with Gasteiger partial charge in [0.1, 0.15) is 0 Å². The molecule has 0 aliphatic carbocycles. The Balaban J connectivity index is 1.43. The van der Waals surface area contributed by atoms with Crippen molar-refractivity contribution in [3.63, 3.8) is 0 Å². The zero-order valence-electron chi connectivity index (χ0n) is 16.4. The lowest BCUT2D eigenvalue weighted by atomic mass is 10.0. The molecule has 1 aromatic heterocycles. The predicted molar refractivity (Wildman–Crippen MR) is 105 cm³/mol. The minimum absolute atomic E-state index is 0.564. The molecule has 0 radical (unpaired) electrons. The van der Waals surface area contributed by atoms with Gasteiger partial charge in [-0.15, -0.1) is 0 Å². The lowest BCUT2D eigenvalue weighted by molar-refractivity contribution is 0.0373. The van der Waals surface area contributed by atoms with Crippen LogP contribution >= 0.6 is 0 Å². The molecule has 26 heavy (non-hydrogen) atoms. The van der Waals surface area contributed by atoms with Crippen LogP contribution in [0.2, 0.25) is 0 Å². The SMILES string of the molecule is CCNC(=NCCCCN1CCOCC1)N1CCC(c2cnn(C)c2)C1. The minimum Gasteiger partial charge on any atom is -0.379 e. The van der Waals surface area contributed by atoms with Crippen LogP contribution < -0.4 is 5.32 Å². The Morgan fingerprint density at radius 3 is 2.88 bits per heavy atom. The first-order chi connectivity index (χ1) is 12.8. The number of morpholine rings is 1. The van der Waals surface area contributed by atoms with E-state index in [1.165, 1.54) is 24.9 Å². The Bertz CT molecular complexity index is 566. The zero-order valence-corrected chi connectivity index (χ0v) is 16.4. The van der Waals surface area contributed by atoms with Crippen molar-refractivity contribution < 1.29 is 4.74 Å². The fourth-order valence-corrected chi connectivity index (χ4v) is 3.76. The third kappa shape index (κ3) is 5.45. The Hall–Kier alpha value is -1.60. The molecule has 2 aliphatic heterocycles. The van der Waals surface area contributed by atoms with Crippen molar-refractivity contribution in [1.82, 2.24) is 24.9 Å². The summed E-state index contributed by atoms with van der Waals surface area (Å²) in [4.78, 5) is 9.78. The Kier molecular flexibility index (Phi) is 7.32. The van der Waals surface area contributed by atoms with Gasteiger partial charge in [-0.3, -0.25) is 14.6 Å². The lowest BCUT2D eigenvalue weighted by Gasteiger charge is -2.26. The van der Waals surface area contributed by atoms with Crippen molar-refractivity contribution >= 4 is 5.96 Å². The van der Waals surface area contributed by atoms with Gasteiger partial charge in [0.25, 0.3) is 0 Å². The van der Waals surface area contributed by atoms with Crippen LogP contribution in [0.5, 0.6) is 0 Å². The van der Waals surface area contributed by atoms with Crippen LogP contribution in [0.4, 0.5) is 0 Å². The topological polar surface area (TPSA) is 57.9 Å². The number of unbranched alkanes of at least 4 members (excludes halogenated alkanes) is 1. The summed E-state index contributed by atoms with van der Waals surface area (Å²) in [7, 11) is 1.98. The average molecular weight is 363 g/mol. The highest BCUT2D eigenvalue weighted by molar-refractivity contribution is 5.80. The molecule has 0 aromatic carbocycles. The van der Waals surface area contributed by atoms with E-state index in [0.29, 0.717) is 5.92 Å². The number of guanidine groups is 1. The summed E-state index contributed by atoms with van der Waals surface area (Å²) in [6.45, 7) is 11.2. The van der Waals surface area contributed by atoms with E-state index in [9.17, 15) is 0 Å². The van der Waals surface area contributed by atoms with Gasteiger partial charge in [0.15, 0.2) is 5.96 Å². The van der Waals surface area contributed by atoms with E-state index >= 15 is 0 Å². The molecule has 0 bridgehead atoms. The second kappa shape index (κ2) is 9.92. The van der Waals surface area contributed by atoms with Gasteiger partial charge in [0.05, 0.1) is 19.4 Å². The summed E-state index contributed by atoms with van der Waals surface area (Å²) >= 11 is 0. The highest BCUT2D eigenvalue weighted by atomic mass is 16.5. The minimum atomic E-state index is 0.564. The van der Waals surface area contributed by atoms with Gasteiger partial charge in [-0.25, -0.2) is 0 Å². The number of aryl methyl sites for hydroxylation is 1. The van der Waals surface area contributed by atoms with Crippen molar-refractivity contribution in [2.45, 2.75) is 32.1 Å². The van der Waals surface area contributed by atoms with E-state index in [2.05, 4.69) is 33.3 Å². The van der Waals surface area contributed by atoms with Crippen molar-refractivity contribution in [3.05, 3.63) is 18.0 Å². The van der Waals surface area contributed by atoms with Crippen LogP contribution in [-0.4, -0.2) is 84.6 Å². The first-order valence-electron chi connectivity index (χ1n) is 10.1. The number of likely N-dealkylation sites (tertiary alicyclic amines) is 1. The van der Waals surface area contributed by atoms with Gasteiger partial charge in [0.2, 0.25) is 0 Å². The van der Waals surface area contributed by atoms with Crippen molar-refractivity contribution in [2.75, 3.05) is 59.0 Å². The van der Waals surface area contributed by atoms with Crippen molar-refractivity contribution in [2.24, 2.45) is 12.0 Å². The first-order valence-corrected chi connectivity index (χ1v) is 10.1. The molecule has 0 amide bonds. The zero-order chi connectivity index (χ0) is 18.2. The molecule has 1 unspecified atom stereocenters. The van der Waals surface area contributed by atoms with Crippen LogP contribution in [-0.2, 0) is 11.8 Å². The molecule has 1 atom stereocenters. The smallest absolute Gasteiger partial charge is 0.193 e. The average Bonchev–Trinajstić information content (AvgIpc) is 3.30. The summed E-state index contributed by atoms with van der Waals surface area (Å²) < 4.78 is 7.30. The molecule has 0 saturated carbocycles. The van der Waals surface area contributed by atoms with E-state index in [1.807, 2.05) is 17.9 Å². The monoisotopic (exact) mass is 362 g/mol. The molecule has 1 aromatic rings. The van der Waals surface area contributed by atoms with E-state index in [0.717, 1.165) is 64.9 Å². The number of aromatic nitrogens is 2. The van der Waals surface area contributed by atoms with Gasteiger partial charge >= 0.3 is 0 Å². The fourth-order valence-electron chi connectivity index (χ4n) is 3.76. The lowest BCUT2D eigenvalue weighted by Crippen LogP contribution is -2.40. The predicted octanol–water partition coefficient (Wildman–Crippen LogP) is 1.29. The number of hydrogen-bond donors (Lipinski definition) is 1. The molecular weight excluding hydrogens is 328 g/mol. The van der Waals surface area contributed by atoms with E-state index in [4.69, 9.17) is 9.73 Å². The molecule has 146 valence electrons. The Labute approximate surface area is 157 Å². The summed E-state index contributed by atoms with van der Waals surface area (Å²) in [5, 5.41) is 7.79. The number of ether oxygens (including phenoxy) is 1.